The molecule has 2 atom stereocenters. The molecule has 0 fully saturated rings. The molecule has 2 unspecified atom stereocenters. The van der Waals surface area contributed by atoms with Gasteiger partial charge in [0.05, 0.1) is 12.6 Å². The zero-order valence-corrected chi connectivity index (χ0v) is 23.6. The summed E-state index contributed by atoms with van der Waals surface area (Å²) in [7, 11) is 0. The molecular formula is C30H40F3N3O5. The third kappa shape index (κ3) is 14.5. The van der Waals surface area contributed by atoms with Crippen LogP contribution in [0.25, 0.3) is 10.8 Å². The van der Waals surface area contributed by atoms with E-state index in [0.717, 1.165) is 30.7 Å². The third-order valence-corrected chi connectivity index (χ3v) is 5.44. The number of esters is 1. The van der Waals surface area contributed by atoms with Crippen molar-refractivity contribution in [1.82, 2.24) is 5.32 Å². The van der Waals surface area contributed by atoms with Crippen LogP contribution in [0.15, 0.2) is 72.8 Å². The van der Waals surface area contributed by atoms with Crippen molar-refractivity contribution in [3.05, 3.63) is 72.8 Å². The number of ether oxygens (including phenoxy) is 2. The van der Waals surface area contributed by atoms with Gasteiger partial charge < -0.3 is 30.9 Å². The summed E-state index contributed by atoms with van der Waals surface area (Å²) in [5.74, 6) is -2.46. The van der Waals surface area contributed by atoms with Crippen LogP contribution < -0.4 is 21.1 Å². The number of anilines is 1. The Labute approximate surface area is 239 Å². The molecule has 0 saturated carbocycles. The summed E-state index contributed by atoms with van der Waals surface area (Å²) in [6.45, 7) is 7.95. The number of fused-ring (bicyclic) bond motifs is 1. The topological polar surface area (TPSA) is 123 Å². The molecule has 0 aliphatic rings. The Kier molecular flexibility index (Phi) is 16.7. The molecule has 0 aromatic heterocycles. The molecule has 0 spiro atoms. The molecule has 0 aliphatic heterocycles. The van der Waals surface area contributed by atoms with Crippen LogP contribution in [0.4, 0.5) is 18.9 Å². The summed E-state index contributed by atoms with van der Waals surface area (Å²) in [5.41, 5.74) is 6.31. The van der Waals surface area contributed by atoms with Gasteiger partial charge in [0.1, 0.15) is 11.8 Å². The van der Waals surface area contributed by atoms with E-state index in [1.54, 1.807) is 25.1 Å². The Morgan fingerprint density at radius 3 is 2.10 bits per heavy atom. The average molecular weight is 580 g/mol. The standard InChI is InChI=1S/C14H23N3O2.C12H7F3O2.C4H10O/c1-11(16-12-6-3-2-4-7-12)14(19)17-13(10-18)8-5-9-15;13-12(14,15)11(16)17-10-6-5-8-3-1-2-4-9(8)7-10;1-3-5-4-2/h2-4,6-7,11,13,16,18H,5,8-10,15H2,1H3,(H,17,19);1-7H;3-4H2,1-2H3. The Morgan fingerprint density at radius 1 is 0.951 bits per heavy atom. The van der Waals surface area contributed by atoms with Gasteiger partial charge in [-0.2, -0.15) is 13.2 Å². The van der Waals surface area contributed by atoms with Gasteiger partial charge in [-0.15, -0.1) is 0 Å². The number of aliphatic hydroxyl groups is 1. The first-order valence-electron chi connectivity index (χ1n) is 13.3. The molecule has 11 heteroatoms. The molecule has 3 rings (SSSR count). The zero-order valence-electron chi connectivity index (χ0n) is 23.6. The number of para-hydroxylation sites is 1. The highest BCUT2D eigenvalue weighted by atomic mass is 19.4. The number of amides is 1. The molecule has 3 aromatic rings. The summed E-state index contributed by atoms with van der Waals surface area (Å²) >= 11 is 0. The van der Waals surface area contributed by atoms with Crippen LogP contribution in [0.5, 0.6) is 5.75 Å². The van der Waals surface area contributed by atoms with Gasteiger partial charge in [-0.25, -0.2) is 4.79 Å². The molecule has 41 heavy (non-hydrogen) atoms. The van der Waals surface area contributed by atoms with Crippen molar-refractivity contribution in [2.75, 3.05) is 31.7 Å². The van der Waals surface area contributed by atoms with E-state index in [2.05, 4.69) is 15.4 Å². The highest BCUT2D eigenvalue weighted by Gasteiger charge is 2.41. The Balaban J connectivity index is 0.000000354. The second-order valence-electron chi connectivity index (χ2n) is 8.73. The largest absolute Gasteiger partial charge is 0.491 e. The minimum absolute atomic E-state index is 0.0657. The van der Waals surface area contributed by atoms with Crippen molar-refractivity contribution < 1.29 is 37.3 Å². The summed E-state index contributed by atoms with van der Waals surface area (Å²) < 4.78 is 45.0. The summed E-state index contributed by atoms with van der Waals surface area (Å²) in [6, 6.07) is 20.4. The van der Waals surface area contributed by atoms with Gasteiger partial charge in [0, 0.05) is 18.9 Å². The van der Waals surface area contributed by atoms with Gasteiger partial charge >= 0.3 is 12.1 Å². The van der Waals surface area contributed by atoms with Gasteiger partial charge in [0.25, 0.3) is 0 Å². The quantitative estimate of drug-likeness (QED) is 0.185. The molecular weight excluding hydrogens is 539 g/mol. The normalized spacial score (nSPS) is 12.1. The first-order valence-corrected chi connectivity index (χ1v) is 13.3. The van der Waals surface area contributed by atoms with Crippen molar-refractivity contribution in [1.29, 1.82) is 0 Å². The Hall–Kier alpha value is -3.67. The first kappa shape index (κ1) is 35.4. The minimum Gasteiger partial charge on any atom is -0.420 e. The lowest BCUT2D eigenvalue weighted by atomic mass is 10.1. The number of nitrogens with two attached hydrogens (primary N) is 1. The molecule has 0 radical (unpaired) electrons. The number of carbonyl (C=O) groups excluding carboxylic acids is 2. The third-order valence-electron chi connectivity index (χ3n) is 5.44. The Bertz CT molecular complexity index is 1160. The predicted molar refractivity (Wildman–Crippen MR) is 155 cm³/mol. The number of rotatable bonds is 11. The fraction of sp³-hybridized carbons (Fsp3) is 0.400. The number of hydrogen-bond acceptors (Lipinski definition) is 7. The van der Waals surface area contributed by atoms with Crippen molar-refractivity contribution in [2.24, 2.45) is 5.73 Å². The van der Waals surface area contributed by atoms with Crippen molar-refractivity contribution in [3.63, 3.8) is 0 Å². The fourth-order valence-corrected chi connectivity index (χ4v) is 3.35. The highest BCUT2D eigenvalue weighted by Crippen LogP contribution is 2.23. The maximum absolute atomic E-state index is 12.0. The van der Waals surface area contributed by atoms with Crippen molar-refractivity contribution in [2.45, 2.75) is 51.9 Å². The number of halogens is 3. The summed E-state index contributed by atoms with van der Waals surface area (Å²) in [4.78, 5) is 22.6. The smallest absolute Gasteiger partial charge is 0.420 e. The maximum atomic E-state index is 12.0. The van der Waals surface area contributed by atoms with Crippen LogP contribution in [0, 0.1) is 0 Å². The SMILES string of the molecule is CC(Nc1ccccc1)C(=O)NC(CO)CCCN.CCOCC.O=C(Oc1ccc2ccccc2c1)C(F)(F)F. The molecule has 226 valence electrons. The van der Waals surface area contributed by atoms with Crippen molar-refractivity contribution in [3.8, 4) is 5.75 Å². The lowest BCUT2D eigenvalue weighted by Gasteiger charge is -2.20. The molecule has 0 saturated heterocycles. The van der Waals surface area contributed by atoms with Crippen LogP contribution in [0.2, 0.25) is 0 Å². The number of carbonyl (C=O) groups is 2. The molecule has 5 N–H and O–H groups in total. The summed E-state index contributed by atoms with van der Waals surface area (Å²) in [6.07, 6.45) is -3.51. The van der Waals surface area contributed by atoms with E-state index in [-0.39, 0.29) is 30.3 Å². The number of benzene rings is 3. The monoisotopic (exact) mass is 579 g/mol. The number of aliphatic hydroxyl groups excluding tert-OH is 1. The van der Waals surface area contributed by atoms with Crippen molar-refractivity contribution >= 4 is 28.3 Å². The highest BCUT2D eigenvalue weighted by molar-refractivity contribution is 5.85. The van der Waals surface area contributed by atoms with E-state index in [0.29, 0.717) is 18.4 Å². The van der Waals surface area contributed by atoms with Gasteiger partial charge in [-0.1, -0.05) is 48.5 Å². The minimum atomic E-state index is -4.98. The zero-order chi connectivity index (χ0) is 30.7. The van der Waals surface area contributed by atoms with Gasteiger partial charge in [-0.05, 0) is 75.2 Å². The maximum Gasteiger partial charge on any atom is 0.491 e. The molecule has 0 bridgehead atoms. The van der Waals surface area contributed by atoms with E-state index in [1.165, 1.54) is 12.1 Å². The van der Waals surface area contributed by atoms with E-state index in [1.807, 2.05) is 56.3 Å². The predicted octanol–water partition coefficient (Wildman–Crippen LogP) is 5.05. The van der Waals surface area contributed by atoms with Gasteiger partial charge in [0.15, 0.2) is 0 Å². The number of hydrogen-bond donors (Lipinski definition) is 4. The first-order chi connectivity index (χ1) is 19.5. The Morgan fingerprint density at radius 2 is 1.56 bits per heavy atom. The van der Waals surface area contributed by atoms with Crippen LogP contribution in [0.3, 0.4) is 0 Å². The van der Waals surface area contributed by atoms with Crippen LogP contribution in [-0.2, 0) is 14.3 Å². The van der Waals surface area contributed by atoms with E-state index < -0.39 is 12.1 Å². The number of nitrogens with one attached hydrogen (secondary N) is 2. The molecule has 0 heterocycles. The lowest BCUT2D eigenvalue weighted by Crippen LogP contribution is -2.45. The average Bonchev–Trinajstić information content (AvgIpc) is 2.96. The number of alkyl halides is 3. The van der Waals surface area contributed by atoms with Gasteiger partial charge in [0.2, 0.25) is 5.91 Å². The fourth-order valence-electron chi connectivity index (χ4n) is 3.35. The second-order valence-corrected chi connectivity index (χ2v) is 8.73. The van der Waals surface area contributed by atoms with E-state index in [9.17, 15) is 27.9 Å². The van der Waals surface area contributed by atoms with Crippen LogP contribution in [-0.4, -0.2) is 61.6 Å². The van der Waals surface area contributed by atoms with Crippen LogP contribution >= 0.6 is 0 Å². The van der Waals surface area contributed by atoms with E-state index >= 15 is 0 Å². The second kappa shape index (κ2) is 19.4. The summed E-state index contributed by atoms with van der Waals surface area (Å²) in [5, 5.41) is 16.7. The lowest BCUT2D eigenvalue weighted by molar-refractivity contribution is -0.189. The van der Waals surface area contributed by atoms with Gasteiger partial charge in [-0.3, -0.25) is 4.79 Å². The van der Waals surface area contributed by atoms with E-state index in [4.69, 9.17) is 10.5 Å². The molecule has 3 aromatic carbocycles. The molecule has 8 nitrogen and oxygen atoms in total. The van der Waals surface area contributed by atoms with Crippen LogP contribution in [0.1, 0.15) is 33.6 Å². The molecule has 0 aliphatic carbocycles. The molecule has 1 amide bonds.